The summed E-state index contributed by atoms with van der Waals surface area (Å²) in [5, 5.41) is 13.1. The number of anilines is 1. The van der Waals surface area contributed by atoms with Crippen molar-refractivity contribution >= 4 is 5.82 Å². The van der Waals surface area contributed by atoms with E-state index < -0.39 is 0 Å². The molecule has 4 rings (SSSR count). The normalized spacial score (nSPS) is 18.3. The summed E-state index contributed by atoms with van der Waals surface area (Å²) in [4.78, 5) is 9.90. The van der Waals surface area contributed by atoms with Gasteiger partial charge < -0.3 is 9.88 Å². The van der Waals surface area contributed by atoms with Crippen LogP contribution in [0.4, 0.5) is 5.82 Å². The van der Waals surface area contributed by atoms with E-state index in [4.69, 9.17) is 0 Å². The standard InChI is InChI=1S/C16H19N7/c1-12-6-10-23(21-12)15-5-4-14(19-20-15)22-9-2-3-13(11-22)16-17-7-8-18-16/h4-8,10,13H,2-3,9,11H2,1H3,(H,17,18). The molecule has 1 aliphatic rings. The largest absolute Gasteiger partial charge is 0.354 e. The topological polar surface area (TPSA) is 75.5 Å². The first kappa shape index (κ1) is 13.9. The minimum absolute atomic E-state index is 0.425. The number of rotatable bonds is 3. The lowest BCUT2D eigenvalue weighted by Gasteiger charge is -2.32. The van der Waals surface area contributed by atoms with Crippen molar-refractivity contribution in [2.24, 2.45) is 0 Å². The smallest absolute Gasteiger partial charge is 0.175 e. The lowest BCUT2D eigenvalue weighted by Crippen LogP contribution is -2.35. The van der Waals surface area contributed by atoms with Gasteiger partial charge in [0.1, 0.15) is 5.82 Å². The summed E-state index contributed by atoms with van der Waals surface area (Å²) < 4.78 is 1.74. The molecule has 7 heteroatoms. The van der Waals surface area contributed by atoms with Crippen molar-refractivity contribution in [1.29, 1.82) is 0 Å². The summed E-state index contributed by atoms with van der Waals surface area (Å²) >= 11 is 0. The minimum atomic E-state index is 0.425. The fourth-order valence-electron chi connectivity index (χ4n) is 3.06. The van der Waals surface area contributed by atoms with Crippen LogP contribution in [0.3, 0.4) is 0 Å². The Labute approximate surface area is 134 Å². The Hall–Kier alpha value is -2.70. The minimum Gasteiger partial charge on any atom is -0.354 e. The predicted octanol–water partition coefficient (Wildman–Crippen LogP) is 2.08. The highest BCUT2D eigenvalue weighted by molar-refractivity contribution is 5.40. The third-order valence-electron chi connectivity index (χ3n) is 4.24. The van der Waals surface area contributed by atoms with E-state index in [0.717, 1.165) is 49.1 Å². The number of aryl methyl sites for hydroxylation is 1. The molecule has 3 aromatic rings. The van der Waals surface area contributed by atoms with Gasteiger partial charge in [0, 0.05) is 37.6 Å². The summed E-state index contributed by atoms with van der Waals surface area (Å²) in [6.07, 6.45) is 7.88. The van der Waals surface area contributed by atoms with E-state index in [1.165, 1.54) is 0 Å². The fourth-order valence-corrected chi connectivity index (χ4v) is 3.06. The van der Waals surface area contributed by atoms with E-state index in [9.17, 15) is 0 Å². The fraction of sp³-hybridized carbons (Fsp3) is 0.375. The average molecular weight is 309 g/mol. The zero-order chi connectivity index (χ0) is 15.6. The van der Waals surface area contributed by atoms with Gasteiger partial charge in [-0.1, -0.05) is 0 Å². The van der Waals surface area contributed by atoms with Gasteiger partial charge in [0.25, 0.3) is 0 Å². The molecule has 0 radical (unpaired) electrons. The van der Waals surface area contributed by atoms with Gasteiger partial charge in [0.05, 0.1) is 5.69 Å². The molecule has 0 aromatic carbocycles. The number of hydrogen-bond donors (Lipinski definition) is 1. The molecule has 0 aliphatic carbocycles. The number of nitrogens with zero attached hydrogens (tertiary/aromatic N) is 6. The highest BCUT2D eigenvalue weighted by atomic mass is 15.4. The lowest BCUT2D eigenvalue weighted by atomic mass is 9.97. The summed E-state index contributed by atoms with van der Waals surface area (Å²) in [5.41, 5.74) is 0.966. The molecule has 0 spiro atoms. The molecule has 1 saturated heterocycles. The van der Waals surface area contributed by atoms with Crippen molar-refractivity contribution in [3.63, 3.8) is 0 Å². The molecule has 4 heterocycles. The van der Waals surface area contributed by atoms with Gasteiger partial charge in [-0.25, -0.2) is 9.67 Å². The Balaban J connectivity index is 1.51. The number of aromatic nitrogens is 6. The third kappa shape index (κ3) is 2.81. The van der Waals surface area contributed by atoms with E-state index in [1.807, 2.05) is 43.7 Å². The van der Waals surface area contributed by atoms with Crippen LogP contribution in [0.15, 0.2) is 36.8 Å². The number of piperidine rings is 1. The van der Waals surface area contributed by atoms with Crippen LogP contribution in [0.1, 0.15) is 30.3 Å². The van der Waals surface area contributed by atoms with Crippen LogP contribution < -0.4 is 4.90 Å². The van der Waals surface area contributed by atoms with Gasteiger partial charge in [-0.2, -0.15) is 5.10 Å². The summed E-state index contributed by atoms with van der Waals surface area (Å²) in [6, 6.07) is 5.93. The molecular weight excluding hydrogens is 290 g/mol. The highest BCUT2D eigenvalue weighted by Gasteiger charge is 2.24. The summed E-state index contributed by atoms with van der Waals surface area (Å²) in [5.74, 6) is 3.13. The lowest BCUT2D eigenvalue weighted by molar-refractivity contribution is 0.490. The van der Waals surface area contributed by atoms with E-state index in [2.05, 4.69) is 30.2 Å². The van der Waals surface area contributed by atoms with E-state index in [0.29, 0.717) is 5.92 Å². The highest BCUT2D eigenvalue weighted by Crippen LogP contribution is 2.27. The summed E-state index contributed by atoms with van der Waals surface area (Å²) in [6.45, 7) is 3.88. The van der Waals surface area contributed by atoms with E-state index in [-0.39, 0.29) is 0 Å². The first-order chi connectivity index (χ1) is 11.3. The molecule has 1 fully saturated rings. The number of hydrogen-bond acceptors (Lipinski definition) is 5. The van der Waals surface area contributed by atoms with E-state index in [1.54, 1.807) is 4.68 Å². The van der Waals surface area contributed by atoms with Gasteiger partial charge in [0.2, 0.25) is 0 Å². The summed E-state index contributed by atoms with van der Waals surface area (Å²) in [7, 11) is 0. The number of nitrogens with one attached hydrogen (secondary N) is 1. The first-order valence-electron chi connectivity index (χ1n) is 7.90. The van der Waals surface area contributed by atoms with Gasteiger partial charge in [-0.15, -0.1) is 10.2 Å². The van der Waals surface area contributed by atoms with Crippen LogP contribution in [-0.4, -0.2) is 43.0 Å². The Bertz CT molecular complexity index is 760. The Morgan fingerprint density at radius 2 is 2.04 bits per heavy atom. The van der Waals surface area contributed by atoms with Gasteiger partial charge in [-0.05, 0) is 38.0 Å². The molecule has 7 nitrogen and oxygen atoms in total. The van der Waals surface area contributed by atoms with Gasteiger partial charge in [-0.3, -0.25) is 0 Å². The monoisotopic (exact) mass is 309 g/mol. The number of H-pyrrole nitrogens is 1. The Morgan fingerprint density at radius 3 is 2.74 bits per heavy atom. The van der Waals surface area contributed by atoms with Crippen molar-refractivity contribution < 1.29 is 0 Å². The maximum Gasteiger partial charge on any atom is 0.175 e. The SMILES string of the molecule is Cc1ccn(-c2ccc(N3CCCC(c4ncc[nH]4)C3)nn2)n1. The molecule has 0 saturated carbocycles. The van der Waals surface area contributed by atoms with Gasteiger partial charge in [0.15, 0.2) is 11.6 Å². The number of aromatic amines is 1. The zero-order valence-corrected chi connectivity index (χ0v) is 13.1. The van der Waals surface area contributed by atoms with Crippen molar-refractivity contribution in [2.75, 3.05) is 18.0 Å². The maximum atomic E-state index is 4.39. The first-order valence-corrected chi connectivity index (χ1v) is 7.90. The third-order valence-corrected chi connectivity index (χ3v) is 4.24. The number of imidazole rings is 1. The molecule has 3 aromatic heterocycles. The molecule has 118 valence electrons. The van der Waals surface area contributed by atoms with Crippen molar-refractivity contribution in [1.82, 2.24) is 29.9 Å². The molecule has 1 unspecified atom stereocenters. The maximum absolute atomic E-state index is 4.39. The second-order valence-corrected chi connectivity index (χ2v) is 5.91. The van der Waals surface area contributed by atoms with Crippen LogP contribution >= 0.6 is 0 Å². The quantitative estimate of drug-likeness (QED) is 0.801. The molecular formula is C16H19N7. The van der Waals surface area contributed by atoms with Crippen molar-refractivity contribution in [3.8, 4) is 5.82 Å². The molecule has 1 aliphatic heterocycles. The van der Waals surface area contributed by atoms with Gasteiger partial charge >= 0.3 is 0 Å². The zero-order valence-electron chi connectivity index (χ0n) is 13.1. The van der Waals surface area contributed by atoms with Crippen LogP contribution in [0, 0.1) is 6.92 Å². The van der Waals surface area contributed by atoms with Crippen molar-refractivity contribution in [3.05, 3.63) is 48.3 Å². The van der Waals surface area contributed by atoms with Crippen molar-refractivity contribution in [2.45, 2.75) is 25.7 Å². The Morgan fingerprint density at radius 1 is 1.17 bits per heavy atom. The molecule has 0 bridgehead atoms. The molecule has 1 N–H and O–H groups in total. The second-order valence-electron chi connectivity index (χ2n) is 5.91. The molecule has 0 amide bonds. The average Bonchev–Trinajstić information content (AvgIpc) is 3.27. The van der Waals surface area contributed by atoms with E-state index >= 15 is 0 Å². The second kappa shape index (κ2) is 5.83. The predicted molar refractivity (Wildman–Crippen MR) is 86.7 cm³/mol. The molecule has 1 atom stereocenters. The van der Waals surface area contributed by atoms with Crippen LogP contribution in [-0.2, 0) is 0 Å². The van der Waals surface area contributed by atoms with Crippen LogP contribution in [0.25, 0.3) is 5.82 Å². The Kier molecular flexibility index (Phi) is 3.53. The molecule has 23 heavy (non-hydrogen) atoms. The van der Waals surface area contributed by atoms with Crippen LogP contribution in [0.2, 0.25) is 0 Å². The van der Waals surface area contributed by atoms with Crippen LogP contribution in [0.5, 0.6) is 0 Å².